The predicted molar refractivity (Wildman–Crippen MR) is 127 cm³/mol. The Morgan fingerprint density at radius 3 is 1.69 bits per heavy atom. The molecule has 0 aromatic heterocycles. The van der Waals surface area contributed by atoms with Gasteiger partial charge in [0, 0.05) is 11.1 Å². The number of benzene rings is 1. The van der Waals surface area contributed by atoms with Crippen LogP contribution in [0, 0.1) is 0 Å². The van der Waals surface area contributed by atoms with E-state index >= 15 is 0 Å². The van der Waals surface area contributed by atoms with Gasteiger partial charge in [0.15, 0.2) is 0 Å². The Bertz CT molecular complexity index is 555. The molecule has 0 bridgehead atoms. The maximum atomic E-state index is 6.29. The Morgan fingerprint density at radius 2 is 1.17 bits per heavy atom. The van der Waals surface area contributed by atoms with Crippen LogP contribution in [0.3, 0.4) is 0 Å². The van der Waals surface area contributed by atoms with Crippen molar-refractivity contribution in [3.63, 3.8) is 0 Å². The lowest BCUT2D eigenvalue weighted by molar-refractivity contribution is -0.884. The first kappa shape index (κ1) is 26.0. The molecule has 0 atom stereocenters. The molecule has 0 aliphatic heterocycles. The summed E-state index contributed by atoms with van der Waals surface area (Å²) in [6, 6.07) is 6.84. The molecule has 0 saturated heterocycles. The van der Waals surface area contributed by atoms with Crippen molar-refractivity contribution in [3.8, 4) is 5.75 Å². The minimum absolute atomic E-state index is 0.842. The van der Waals surface area contributed by atoms with Crippen LogP contribution in [0.25, 0.3) is 0 Å². The van der Waals surface area contributed by atoms with E-state index in [0.29, 0.717) is 0 Å². The van der Waals surface area contributed by atoms with Crippen molar-refractivity contribution in [3.05, 3.63) is 29.3 Å². The molecule has 3 nitrogen and oxygen atoms in total. The zero-order valence-corrected chi connectivity index (χ0v) is 20.7. The monoisotopic (exact) mass is 406 g/mol. The van der Waals surface area contributed by atoms with Crippen molar-refractivity contribution >= 4 is 0 Å². The summed E-state index contributed by atoms with van der Waals surface area (Å²) in [5, 5.41) is 0. The minimum Gasteiger partial charge on any atom is -0.493 e. The van der Waals surface area contributed by atoms with E-state index in [-0.39, 0.29) is 0 Å². The van der Waals surface area contributed by atoms with Crippen LogP contribution >= 0.6 is 0 Å². The topological polar surface area (TPSA) is 9.23 Å². The largest absolute Gasteiger partial charge is 0.493 e. The van der Waals surface area contributed by atoms with Crippen LogP contribution in [-0.4, -0.2) is 57.9 Å². The van der Waals surface area contributed by atoms with E-state index in [2.05, 4.69) is 67.4 Å². The fraction of sp³-hybridized carbons (Fsp3) is 0.769. The molecule has 0 aliphatic rings. The number of quaternary nitrogens is 2. The van der Waals surface area contributed by atoms with Crippen LogP contribution in [0.1, 0.15) is 82.3 Å². The summed E-state index contributed by atoms with van der Waals surface area (Å²) in [5.74, 6) is 1.10. The lowest BCUT2D eigenvalue weighted by Crippen LogP contribution is -2.34. The van der Waals surface area contributed by atoms with Gasteiger partial charge in [-0.3, -0.25) is 0 Å². The highest BCUT2D eigenvalue weighted by molar-refractivity contribution is 5.37. The van der Waals surface area contributed by atoms with E-state index in [9.17, 15) is 0 Å². The average Bonchev–Trinajstić information content (AvgIpc) is 2.59. The standard InChI is InChI=1S/C26H50N2O/c1-8-9-10-11-12-13-14-15-16-17-20-29-26-21-24(22-27(2,3)4)18-19-25(26)23-28(5,6)7/h18-19,21H,8-17,20,22-23H2,1-7H3/q+2. The van der Waals surface area contributed by atoms with Gasteiger partial charge in [0.25, 0.3) is 0 Å². The zero-order valence-electron chi connectivity index (χ0n) is 20.7. The molecule has 168 valence electrons. The van der Waals surface area contributed by atoms with Gasteiger partial charge < -0.3 is 13.7 Å². The molecule has 1 aromatic carbocycles. The van der Waals surface area contributed by atoms with Crippen molar-refractivity contribution in [2.45, 2.75) is 84.2 Å². The Morgan fingerprint density at radius 1 is 0.655 bits per heavy atom. The third kappa shape index (κ3) is 13.7. The van der Waals surface area contributed by atoms with Crippen molar-refractivity contribution < 1.29 is 13.7 Å². The molecule has 0 fully saturated rings. The second kappa shape index (κ2) is 13.3. The van der Waals surface area contributed by atoms with E-state index < -0.39 is 0 Å². The summed E-state index contributed by atoms with van der Waals surface area (Å²) in [7, 11) is 13.4. The number of hydrogen-bond donors (Lipinski definition) is 0. The van der Waals surface area contributed by atoms with Gasteiger partial charge in [-0.25, -0.2) is 0 Å². The third-order valence-electron chi connectivity index (χ3n) is 5.19. The maximum Gasteiger partial charge on any atom is 0.128 e. The fourth-order valence-corrected chi connectivity index (χ4v) is 3.79. The highest BCUT2D eigenvalue weighted by atomic mass is 16.5. The van der Waals surface area contributed by atoms with Gasteiger partial charge in [-0.2, -0.15) is 0 Å². The highest BCUT2D eigenvalue weighted by Gasteiger charge is 2.16. The quantitative estimate of drug-likeness (QED) is 0.228. The molecular weight excluding hydrogens is 356 g/mol. The van der Waals surface area contributed by atoms with Gasteiger partial charge in [0.05, 0.1) is 48.9 Å². The molecule has 0 heterocycles. The van der Waals surface area contributed by atoms with Gasteiger partial charge in [-0.05, 0) is 18.6 Å². The van der Waals surface area contributed by atoms with E-state index in [1.807, 2.05) is 0 Å². The smallest absolute Gasteiger partial charge is 0.128 e. The maximum absolute atomic E-state index is 6.29. The first-order valence-corrected chi connectivity index (χ1v) is 12.0. The van der Waals surface area contributed by atoms with Crippen LogP contribution in [0.2, 0.25) is 0 Å². The Labute approximate surface area is 182 Å². The van der Waals surface area contributed by atoms with Gasteiger partial charge in [-0.15, -0.1) is 0 Å². The molecule has 0 N–H and O–H groups in total. The molecule has 29 heavy (non-hydrogen) atoms. The molecule has 0 amide bonds. The van der Waals surface area contributed by atoms with Gasteiger partial charge in [-0.1, -0.05) is 70.8 Å². The second-order valence-corrected chi connectivity index (χ2v) is 10.9. The van der Waals surface area contributed by atoms with Gasteiger partial charge >= 0.3 is 0 Å². The minimum atomic E-state index is 0.842. The Balaban J connectivity index is 2.42. The average molecular weight is 407 g/mol. The summed E-state index contributed by atoms with van der Waals surface area (Å²) in [6.45, 7) is 5.15. The lowest BCUT2D eigenvalue weighted by atomic mass is 10.1. The number of nitrogens with zero attached hydrogens (tertiary/aromatic N) is 2. The SMILES string of the molecule is CCCCCCCCCCCCOc1cc(C[N+](C)(C)C)ccc1C[N+](C)(C)C. The molecule has 0 saturated carbocycles. The predicted octanol–water partition coefficient (Wildman–Crippen LogP) is 6.40. The Hall–Kier alpha value is -1.06. The molecule has 0 radical (unpaired) electrons. The summed E-state index contributed by atoms with van der Waals surface area (Å²) in [5.41, 5.74) is 2.69. The molecule has 0 unspecified atom stereocenters. The molecular formula is C26H50N2O+2. The third-order valence-corrected chi connectivity index (χ3v) is 5.19. The molecule has 0 aliphatic carbocycles. The van der Waals surface area contributed by atoms with Crippen LogP contribution in [0.5, 0.6) is 5.75 Å². The van der Waals surface area contributed by atoms with E-state index in [4.69, 9.17) is 4.74 Å². The van der Waals surface area contributed by atoms with Crippen molar-refractivity contribution in [1.29, 1.82) is 0 Å². The van der Waals surface area contributed by atoms with Crippen LogP contribution in [0.15, 0.2) is 18.2 Å². The van der Waals surface area contributed by atoms with Crippen LogP contribution in [-0.2, 0) is 13.1 Å². The molecule has 1 aromatic rings. The highest BCUT2D eigenvalue weighted by Crippen LogP contribution is 2.25. The van der Waals surface area contributed by atoms with E-state index in [1.54, 1.807) is 0 Å². The van der Waals surface area contributed by atoms with Gasteiger partial charge in [0.2, 0.25) is 0 Å². The first-order chi connectivity index (χ1) is 13.6. The van der Waals surface area contributed by atoms with E-state index in [0.717, 1.165) is 34.4 Å². The summed E-state index contributed by atoms with van der Waals surface area (Å²) in [4.78, 5) is 0. The number of ether oxygens (including phenoxy) is 1. The van der Waals surface area contributed by atoms with Crippen molar-refractivity contribution in [2.24, 2.45) is 0 Å². The molecule has 3 heteroatoms. The van der Waals surface area contributed by atoms with Crippen molar-refractivity contribution in [2.75, 3.05) is 48.9 Å². The number of hydrogen-bond acceptors (Lipinski definition) is 1. The zero-order chi connectivity index (χ0) is 21.8. The lowest BCUT2D eigenvalue weighted by Gasteiger charge is -2.27. The summed E-state index contributed by atoms with van der Waals surface area (Å²) < 4.78 is 8.15. The summed E-state index contributed by atoms with van der Waals surface area (Å²) >= 11 is 0. The molecule has 1 rings (SSSR count). The van der Waals surface area contributed by atoms with Crippen LogP contribution in [0.4, 0.5) is 0 Å². The first-order valence-electron chi connectivity index (χ1n) is 12.0. The number of rotatable bonds is 16. The fourth-order valence-electron chi connectivity index (χ4n) is 3.79. The van der Waals surface area contributed by atoms with E-state index in [1.165, 1.54) is 75.3 Å². The normalized spacial score (nSPS) is 12.4. The van der Waals surface area contributed by atoms with Gasteiger partial charge in [0.1, 0.15) is 18.8 Å². The summed E-state index contributed by atoms with van der Waals surface area (Å²) in [6.07, 6.45) is 13.6. The van der Waals surface area contributed by atoms with Crippen LogP contribution < -0.4 is 4.74 Å². The molecule has 0 spiro atoms. The second-order valence-electron chi connectivity index (χ2n) is 10.9. The Kier molecular flexibility index (Phi) is 11.9. The number of unbranched alkanes of at least 4 members (excludes halogenated alkanes) is 9. The van der Waals surface area contributed by atoms with Crippen molar-refractivity contribution in [1.82, 2.24) is 0 Å².